The number of nitrogens with two attached hydrogens (primary N) is 1. The largest absolute Gasteiger partial charge is 0.497 e. The average molecular weight is 358 g/mol. The number of benzene rings is 1. The van der Waals surface area contributed by atoms with E-state index in [2.05, 4.69) is 5.10 Å². The number of likely N-dealkylation sites (tertiary alicyclic amines) is 1. The lowest BCUT2D eigenvalue weighted by Gasteiger charge is -2.23. The topological polar surface area (TPSA) is 99.7 Å². The van der Waals surface area contributed by atoms with Crippen molar-refractivity contribution in [3.63, 3.8) is 0 Å². The number of rotatable bonds is 6. The lowest BCUT2D eigenvalue weighted by Crippen LogP contribution is -2.42. The van der Waals surface area contributed by atoms with E-state index in [4.69, 9.17) is 15.2 Å². The van der Waals surface area contributed by atoms with Crippen LogP contribution in [0.15, 0.2) is 30.5 Å². The highest BCUT2D eigenvalue weighted by molar-refractivity contribution is 6.05. The lowest BCUT2D eigenvalue weighted by atomic mass is 10.0. The van der Waals surface area contributed by atoms with Crippen LogP contribution in [0.4, 0.5) is 5.82 Å². The summed E-state index contributed by atoms with van der Waals surface area (Å²) in [6, 6.07) is 6.68. The lowest BCUT2D eigenvalue weighted by molar-refractivity contribution is -0.135. The van der Waals surface area contributed by atoms with Gasteiger partial charge >= 0.3 is 0 Å². The van der Waals surface area contributed by atoms with Crippen LogP contribution in [0.3, 0.4) is 0 Å². The van der Waals surface area contributed by atoms with E-state index in [-0.39, 0.29) is 24.1 Å². The van der Waals surface area contributed by atoms with Crippen molar-refractivity contribution < 1.29 is 19.1 Å². The molecular weight excluding hydrogens is 336 g/mol. The summed E-state index contributed by atoms with van der Waals surface area (Å²) < 4.78 is 11.5. The summed E-state index contributed by atoms with van der Waals surface area (Å²) >= 11 is 0. The number of carbonyl (C=O) groups excluding carboxylic acids is 2. The first kappa shape index (κ1) is 17.9. The smallest absolute Gasteiger partial charge is 0.249 e. The van der Waals surface area contributed by atoms with Crippen LogP contribution in [0.5, 0.6) is 5.75 Å². The van der Waals surface area contributed by atoms with Crippen molar-refractivity contribution in [1.29, 1.82) is 0 Å². The van der Waals surface area contributed by atoms with Gasteiger partial charge in [-0.15, -0.1) is 0 Å². The number of ether oxygens (including phenoxy) is 2. The van der Waals surface area contributed by atoms with Crippen LogP contribution in [0.2, 0.25) is 0 Å². The molecule has 138 valence electrons. The predicted molar refractivity (Wildman–Crippen MR) is 95.5 cm³/mol. The van der Waals surface area contributed by atoms with E-state index >= 15 is 0 Å². The van der Waals surface area contributed by atoms with Crippen molar-refractivity contribution in [3.8, 4) is 11.4 Å². The minimum atomic E-state index is -0.520. The van der Waals surface area contributed by atoms with Crippen LogP contribution in [0.25, 0.3) is 5.69 Å². The molecule has 1 aliphatic rings. The highest BCUT2D eigenvalue weighted by Gasteiger charge is 2.36. The number of anilines is 1. The van der Waals surface area contributed by atoms with Crippen LogP contribution in [0.1, 0.15) is 23.2 Å². The molecule has 1 unspecified atom stereocenters. The van der Waals surface area contributed by atoms with Crippen LogP contribution in [0, 0.1) is 0 Å². The third-order valence-corrected chi connectivity index (χ3v) is 4.53. The summed E-state index contributed by atoms with van der Waals surface area (Å²) in [5, 5.41) is 4.24. The van der Waals surface area contributed by atoms with Gasteiger partial charge in [0, 0.05) is 13.7 Å². The standard InChI is InChI=1S/C18H22N4O4/c1-25-11-16(23)21-9-3-4-15(21)17(24)14-10-20-22(18(14)19)12-5-7-13(26-2)8-6-12/h5-8,10,15H,3-4,9,11,19H2,1-2H3. The summed E-state index contributed by atoms with van der Waals surface area (Å²) in [5.74, 6) is 0.592. The Morgan fingerprint density at radius 2 is 2.00 bits per heavy atom. The SMILES string of the molecule is COCC(=O)N1CCCC1C(=O)c1cnn(-c2ccc(OC)cc2)c1N. The van der Waals surface area contributed by atoms with Crippen molar-refractivity contribution in [3.05, 3.63) is 36.0 Å². The van der Waals surface area contributed by atoms with E-state index in [1.54, 1.807) is 36.3 Å². The minimum absolute atomic E-state index is 0.0373. The monoisotopic (exact) mass is 358 g/mol. The minimum Gasteiger partial charge on any atom is -0.497 e. The first-order valence-electron chi connectivity index (χ1n) is 8.37. The third-order valence-electron chi connectivity index (χ3n) is 4.53. The summed E-state index contributed by atoms with van der Waals surface area (Å²) in [6.45, 7) is 0.509. The number of Topliss-reactive ketones (excluding diaryl/α,β-unsaturated/α-hetero) is 1. The Labute approximate surface area is 151 Å². The number of nitrogen functional groups attached to an aromatic ring is 1. The second-order valence-electron chi connectivity index (χ2n) is 6.10. The Bertz CT molecular complexity index is 800. The van der Waals surface area contributed by atoms with E-state index in [0.717, 1.165) is 12.1 Å². The van der Waals surface area contributed by atoms with Gasteiger partial charge in [-0.3, -0.25) is 9.59 Å². The number of carbonyl (C=O) groups is 2. The fourth-order valence-corrected chi connectivity index (χ4v) is 3.20. The van der Waals surface area contributed by atoms with Crippen molar-refractivity contribution >= 4 is 17.5 Å². The van der Waals surface area contributed by atoms with Gasteiger partial charge < -0.3 is 20.1 Å². The van der Waals surface area contributed by atoms with Gasteiger partial charge in [-0.25, -0.2) is 4.68 Å². The van der Waals surface area contributed by atoms with Crippen molar-refractivity contribution in [2.24, 2.45) is 0 Å². The molecule has 8 nitrogen and oxygen atoms in total. The highest BCUT2D eigenvalue weighted by atomic mass is 16.5. The van der Waals surface area contributed by atoms with Crippen molar-refractivity contribution in [2.75, 3.05) is 33.1 Å². The zero-order valence-electron chi connectivity index (χ0n) is 14.8. The Balaban J connectivity index is 1.84. The normalized spacial score (nSPS) is 16.7. The molecular formula is C18H22N4O4. The molecule has 2 N–H and O–H groups in total. The van der Waals surface area contributed by atoms with Crippen LogP contribution in [-0.4, -0.2) is 59.8 Å². The van der Waals surface area contributed by atoms with Gasteiger partial charge in [-0.2, -0.15) is 5.10 Å². The zero-order valence-corrected chi connectivity index (χ0v) is 14.8. The molecule has 1 aromatic heterocycles. The van der Waals surface area contributed by atoms with Gasteiger partial charge in [-0.05, 0) is 37.1 Å². The number of amides is 1. The average Bonchev–Trinajstić information content (AvgIpc) is 3.28. The molecule has 1 saturated heterocycles. The maximum Gasteiger partial charge on any atom is 0.249 e. The molecule has 2 heterocycles. The molecule has 0 spiro atoms. The summed E-state index contributed by atoms with van der Waals surface area (Å²) in [5.41, 5.74) is 7.22. The molecule has 8 heteroatoms. The summed E-state index contributed by atoms with van der Waals surface area (Å²) in [7, 11) is 3.05. The summed E-state index contributed by atoms with van der Waals surface area (Å²) in [6.07, 6.45) is 2.85. The first-order valence-corrected chi connectivity index (χ1v) is 8.37. The molecule has 26 heavy (non-hydrogen) atoms. The maximum absolute atomic E-state index is 12.9. The number of ketones is 1. The van der Waals surface area contributed by atoms with Gasteiger partial charge in [0.15, 0.2) is 5.78 Å². The van der Waals surface area contributed by atoms with Crippen molar-refractivity contribution in [2.45, 2.75) is 18.9 Å². The number of nitrogens with zero attached hydrogens (tertiary/aromatic N) is 3. The third kappa shape index (κ3) is 3.28. The Morgan fingerprint density at radius 3 is 2.65 bits per heavy atom. The van der Waals surface area contributed by atoms with Gasteiger partial charge in [0.25, 0.3) is 0 Å². The molecule has 1 aliphatic heterocycles. The molecule has 0 bridgehead atoms. The Hall–Kier alpha value is -2.87. The fraction of sp³-hybridized carbons (Fsp3) is 0.389. The van der Waals surface area contributed by atoms with Gasteiger partial charge in [0.1, 0.15) is 18.2 Å². The molecule has 0 radical (unpaired) electrons. The second-order valence-corrected chi connectivity index (χ2v) is 6.10. The second kappa shape index (κ2) is 7.57. The fourth-order valence-electron chi connectivity index (χ4n) is 3.20. The molecule has 1 amide bonds. The quantitative estimate of drug-likeness (QED) is 0.781. The van der Waals surface area contributed by atoms with E-state index in [0.29, 0.717) is 24.3 Å². The van der Waals surface area contributed by atoms with Crippen LogP contribution in [-0.2, 0) is 9.53 Å². The number of hydrogen-bond acceptors (Lipinski definition) is 6. The van der Waals surface area contributed by atoms with E-state index in [1.165, 1.54) is 18.0 Å². The Morgan fingerprint density at radius 1 is 1.27 bits per heavy atom. The van der Waals surface area contributed by atoms with Crippen LogP contribution < -0.4 is 10.5 Å². The molecule has 1 atom stereocenters. The number of methoxy groups -OCH3 is 2. The first-order chi connectivity index (χ1) is 12.6. The summed E-state index contributed by atoms with van der Waals surface area (Å²) in [4.78, 5) is 26.7. The molecule has 1 fully saturated rings. The predicted octanol–water partition coefficient (Wildman–Crippen LogP) is 1.28. The molecule has 0 saturated carbocycles. The molecule has 3 rings (SSSR count). The number of hydrogen-bond donors (Lipinski definition) is 1. The molecule has 2 aromatic rings. The maximum atomic E-state index is 12.9. The zero-order chi connectivity index (χ0) is 18.7. The number of aromatic nitrogens is 2. The van der Waals surface area contributed by atoms with Gasteiger partial charge in [0.2, 0.25) is 5.91 Å². The van der Waals surface area contributed by atoms with Gasteiger partial charge in [-0.1, -0.05) is 0 Å². The Kier molecular flexibility index (Phi) is 5.22. The van der Waals surface area contributed by atoms with Crippen LogP contribution >= 0.6 is 0 Å². The van der Waals surface area contributed by atoms with E-state index in [9.17, 15) is 9.59 Å². The van der Waals surface area contributed by atoms with Crippen molar-refractivity contribution in [1.82, 2.24) is 14.7 Å². The molecule has 0 aliphatic carbocycles. The van der Waals surface area contributed by atoms with E-state index < -0.39 is 6.04 Å². The highest BCUT2D eigenvalue weighted by Crippen LogP contribution is 2.26. The molecule has 1 aromatic carbocycles. The van der Waals surface area contributed by atoms with Gasteiger partial charge in [0.05, 0.1) is 30.6 Å². The van der Waals surface area contributed by atoms with E-state index in [1.807, 2.05) is 0 Å².